The van der Waals surface area contributed by atoms with Gasteiger partial charge in [-0.15, -0.1) is 0 Å². The molecule has 10 heteroatoms. The molecular formula is C32H33N5O5. The fourth-order valence-electron chi connectivity index (χ4n) is 5.35. The number of amides is 1. The van der Waals surface area contributed by atoms with E-state index in [2.05, 4.69) is 40.1 Å². The number of nitrogens with one attached hydrogen (secondary N) is 1. The molecule has 5 heterocycles. The maximum atomic E-state index is 12.9. The molecule has 0 atom stereocenters. The molecular weight excluding hydrogens is 534 g/mol. The number of pyridine rings is 2. The second kappa shape index (κ2) is 11.8. The number of nitriles is 1. The van der Waals surface area contributed by atoms with Crippen LogP contribution in [0.2, 0.25) is 0 Å². The smallest absolute Gasteiger partial charge is 0.251 e. The van der Waals surface area contributed by atoms with Crippen LogP contribution in [0.25, 0.3) is 33.7 Å². The summed E-state index contributed by atoms with van der Waals surface area (Å²) in [6, 6.07) is 15.3. The molecule has 2 aliphatic rings. The first kappa shape index (κ1) is 27.7. The van der Waals surface area contributed by atoms with Gasteiger partial charge in [0.2, 0.25) is 0 Å². The van der Waals surface area contributed by atoms with Crippen LogP contribution in [0.5, 0.6) is 11.5 Å². The van der Waals surface area contributed by atoms with Gasteiger partial charge in [-0.25, -0.2) is 4.98 Å². The van der Waals surface area contributed by atoms with Crippen LogP contribution in [0, 0.1) is 11.3 Å². The zero-order valence-corrected chi connectivity index (χ0v) is 23.9. The molecule has 0 aliphatic carbocycles. The van der Waals surface area contributed by atoms with Gasteiger partial charge in [-0.2, -0.15) is 5.26 Å². The quantitative estimate of drug-likeness (QED) is 0.319. The van der Waals surface area contributed by atoms with E-state index in [9.17, 15) is 10.1 Å². The molecule has 0 bridgehead atoms. The number of carbonyl (C=O) groups excluding carboxylic acids is 1. The van der Waals surface area contributed by atoms with Crippen LogP contribution in [-0.2, 0) is 4.74 Å². The highest BCUT2D eigenvalue weighted by molar-refractivity contribution is 5.96. The van der Waals surface area contributed by atoms with E-state index in [4.69, 9.17) is 18.6 Å². The molecule has 2 fully saturated rings. The number of hydrogen-bond donors (Lipinski definition) is 1. The van der Waals surface area contributed by atoms with Crippen LogP contribution in [0.3, 0.4) is 0 Å². The lowest BCUT2D eigenvalue weighted by Gasteiger charge is -2.42. The van der Waals surface area contributed by atoms with Gasteiger partial charge in [0, 0.05) is 55.4 Å². The summed E-state index contributed by atoms with van der Waals surface area (Å²) in [5.74, 6) is 1.38. The van der Waals surface area contributed by atoms with Crippen molar-refractivity contribution in [1.82, 2.24) is 20.2 Å². The second-order valence-electron chi connectivity index (χ2n) is 10.9. The van der Waals surface area contributed by atoms with Gasteiger partial charge in [-0.3, -0.25) is 14.7 Å². The fourth-order valence-corrected chi connectivity index (χ4v) is 5.35. The number of ether oxygens (including phenoxy) is 3. The maximum absolute atomic E-state index is 12.9. The van der Waals surface area contributed by atoms with E-state index in [1.54, 1.807) is 31.5 Å². The van der Waals surface area contributed by atoms with Crippen LogP contribution in [-0.4, -0.2) is 72.4 Å². The first-order valence-corrected chi connectivity index (χ1v) is 14.2. The summed E-state index contributed by atoms with van der Waals surface area (Å²) < 4.78 is 23.5. The number of hydrogen-bond acceptors (Lipinski definition) is 9. The Morgan fingerprint density at radius 3 is 2.64 bits per heavy atom. The number of aromatic nitrogens is 2. The third-order valence-corrected chi connectivity index (χ3v) is 7.82. The average Bonchev–Trinajstić information content (AvgIpc) is 3.43. The number of carbonyl (C=O) groups is 1. The predicted octanol–water partition coefficient (Wildman–Crippen LogP) is 4.82. The van der Waals surface area contributed by atoms with Gasteiger partial charge in [0.15, 0.2) is 17.0 Å². The van der Waals surface area contributed by atoms with Crippen molar-refractivity contribution >= 4 is 17.0 Å². The Labute approximate surface area is 244 Å². The summed E-state index contributed by atoms with van der Waals surface area (Å²) in [4.78, 5) is 24.3. The van der Waals surface area contributed by atoms with E-state index in [-0.39, 0.29) is 23.7 Å². The van der Waals surface area contributed by atoms with Gasteiger partial charge in [0.25, 0.3) is 5.91 Å². The molecule has 2 saturated heterocycles. The molecule has 0 unspecified atom stereocenters. The van der Waals surface area contributed by atoms with Gasteiger partial charge in [-0.05, 0) is 50.2 Å². The largest absolute Gasteiger partial charge is 0.496 e. The molecule has 216 valence electrons. The lowest BCUT2D eigenvalue weighted by molar-refractivity contribution is 0.0253. The molecule has 6 rings (SSSR count). The van der Waals surface area contributed by atoms with Crippen LogP contribution in [0.4, 0.5) is 0 Å². The Hall–Kier alpha value is -4.46. The first-order valence-electron chi connectivity index (χ1n) is 14.2. The number of furan rings is 1. The van der Waals surface area contributed by atoms with E-state index < -0.39 is 0 Å². The normalized spacial score (nSPS) is 16.3. The average molecular weight is 568 g/mol. The van der Waals surface area contributed by atoms with E-state index in [0.717, 1.165) is 25.9 Å². The highest BCUT2D eigenvalue weighted by Gasteiger charge is 2.30. The number of fused-ring (bicyclic) bond motifs is 1. The zero-order chi connectivity index (χ0) is 29.2. The van der Waals surface area contributed by atoms with Crippen LogP contribution in [0.1, 0.15) is 42.7 Å². The van der Waals surface area contributed by atoms with Gasteiger partial charge in [-0.1, -0.05) is 0 Å². The van der Waals surface area contributed by atoms with Gasteiger partial charge in [0.1, 0.15) is 29.2 Å². The standard InChI is InChI=1S/C32H33N5O5/c1-19(2)37-17-21(18-37)35-32(38)20-4-5-24(29(14-20)39-3)30-15-26-31(42-30)23(8-11-34-26)25-6-7-28(27(16-33)36-25)41-22-9-12-40-13-10-22/h4-8,11,14-15,19,21-22H,9-10,12-13,17-18H2,1-3H3,(H,35,38). The van der Waals surface area contributed by atoms with Crippen LogP contribution < -0.4 is 14.8 Å². The Morgan fingerprint density at radius 2 is 1.90 bits per heavy atom. The lowest BCUT2D eigenvalue weighted by Crippen LogP contribution is -2.61. The Bertz CT molecular complexity index is 1650. The van der Waals surface area contributed by atoms with Crippen molar-refractivity contribution in [1.29, 1.82) is 5.26 Å². The third-order valence-electron chi connectivity index (χ3n) is 7.82. The molecule has 4 aromatic rings. The highest BCUT2D eigenvalue weighted by Crippen LogP contribution is 2.38. The van der Waals surface area contributed by atoms with Gasteiger partial charge >= 0.3 is 0 Å². The summed E-state index contributed by atoms with van der Waals surface area (Å²) >= 11 is 0. The summed E-state index contributed by atoms with van der Waals surface area (Å²) in [7, 11) is 1.57. The minimum atomic E-state index is -0.134. The molecule has 0 saturated carbocycles. The van der Waals surface area contributed by atoms with Crippen molar-refractivity contribution in [2.24, 2.45) is 0 Å². The minimum Gasteiger partial charge on any atom is -0.496 e. The number of likely N-dealkylation sites (tertiary alicyclic amines) is 1. The molecule has 0 spiro atoms. The summed E-state index contributed by atoms with van der Waals surface area (Å²) in [5, 5.41) is 12.9. The molecule has 1 amide bonds. The Balaban J connectivity index is 1.25. The van der Waals surface area contributed by atoms with Crippen molar-refractivity contribution < 1.29 is 23.4 Å². The molecule has 0 radical (unpaired) electrons. The highest BCUT2D eigenvalue weighted by atomic mass is 16.5. The number of methoxy groups -OCH3 is 1. The number of nitrogens with zero attached hydrogens (tertiary/aromatic N) is 4. The zero-order valence-electron chi connectivity index (χ0n) is 23.9. The van der Waals surface area contributed by atoms with E-state index in [1.165, 1.54) is 0 Å². The molecule has 10 nitrogen and oxygen atoms in total. The third kappa shape index (κ3) is 5.53. The molecule has 1 aromatic carbocycles. The Kier molecular flexibility index (Phi) is 7.78. The van der Waals surface area contributed by atoms with Crippen molar-refractivity contribution in [2.75, 3.05) is 33.4 Å². The number of rotatable bonds is 8. The molecule has 42 heavy (non-hydrogen) atoms. The van der Waals surface area contributed by atoms with Gasteiger partial charge in [0.05, 0.1) is 37.6 Å². The van der Waals surface area contributed by atoms with Crippen molar-refractivity contribution in [2.45, 2.75) is 44.9 Å². The van der Waals surface area contributed by atoms with Crippen molar-refractivity contribution in [3.05, 3.63) is 59.9 Å². The summed E-state index contributed by atoms with van der Waals surface area (Å²) in [6.45, 7) is 7.29. The lowest BCUT2D eigenvalue weighted by atomic mass is 10.0. The second-order valence-corrected chi connectivity index (χ2v) is 10.9. The number of benzene rings is 1. The predicted molar refractivity (Wildman–Crippen MR) is 156 cm³/mol. The molecule has 2 aliphatic heterocycles. The van der Waals surface area contributed by atoms with E-state index in [0.29, 0.717) is 70.0 Å². The minimum absolute atomic E-state index is 0.000320. The van der Waals surface area contributed by atoms with Gasteiger partial charge < -0.3 is 23.9 Å². The molecule has 3 aromatic heterocycles. The van der Waals surface area contributed by atoms with Crippen molar-refractivity contribution in [3.8, 4) is 40.1 Å². The Morgan fingerprint density at radius 1 is 1.10 bits per heavy atom. The summed E-state index contributed by atoms with van der Waals surface area (Å²) in [5.41, 5.74) is 3.87. The topological polar surface area (TPSA) is 123 Å². The van der Waals surface area contributed by atoms with E-state index >= 15 is 0 Å². The summed E-state index contributed by atoms with van der Waals surface area (Å²) in [6.07, 6.45) is 3.24. The van der Waals surface area contributed by atoms with Crippen LogP contribution in [0.15, 0.2) is 53.1 Å². The monoisotopic (exact) mass is 567 g/mol. The first-order chi connectivity index (χ1) is 20.4. The maximum Gasteiger partial charge on any atom is 0.251 e. The van der Waals surface area contributed by atoms with E-state index in [1.807, 2.05) is 24.3 Å². The van der Waals surface area contributed by atoms with Crippen molar-refractivity contribution in [3.63, 3.8) is 0 Å². The fraction of sp³-hybridized carbons (Fsp3) is 0.375. The molecule has 1 N–H and O–H groups in total. The SMILES string of the molecule is COc1cc(C(=O)NC2CN(C(C)C)C2)ccc1-c1cc2nccc(-c3ccc(OC4CCOCC4)c(C#N)n3)c2o1. The van der Waals surface area contributed by atoms with Crippen LogP contribution >= 0.6 is 0 Å².